The Hall–Kier alpha value is -3.02. The van der Waals surface area contributed by atoms with Crippen LogP contribution in [0.25, 0.3) is 0 Å². The molecule has 0 aliphatic heterocycles. The zero-order valence-corrected chi connectivity index (χ0v) is 17.6. The largest absolute Gasteiger partial charge is 0.494 e. The van der Waals surface area contributed by atoms with Gasteiger partial charge in [0.2, 0.25) is 5.91 Å². The minimum Gasteiger partial charge on any atom is -0.494 e. The lowest BCUT2D eigenvalue weighted by Crippen LogP contribution is -2.22. The van der Waals surface area contributed by atoms with Crippen LogP contribution in [0.3, 0.4) is 0 Å². The minimum atomic E-state index is -0.256. The van der Waals surface area contributed by atoms with Gasteiger partial charge in [0, 0.05) is 23.6 Å². The van der Waals surface area contributed by atoms with Crippen molar-refractivity contribution in [2.45, 2.75) is 39.5 Å². The lowest BCUT2D eigenvalue weighted by molar-refractivity contribution is -0.120. The molecule has 0 saturated carbocycles. The molecular weight excluding hydrogens is 368 g/mol. The molecular formula is C23H30N2O4. The number of nitrogens with one attached hydrogen (secondary N) is 2. The number of unbranched alkanes of at least 4 members (excludes halogenated alkanes) is 1. The monoisotopic (exact) mass is 398 g/mol. The number of rotatable bonds is 10. The summed E-state index contributed by atoms with van der Waals surface area (Å²) in [6.45, 7) is 4.13. The van der Waals surface area contributed by atoms with Gasteiger partial charge in [0.1, 0.15) is 11.5 Å². The standard InChI is InChI=1S/C23H30N2O4/c1-5-7-11-16(6-2)22(26)24-18-14-21(29-4)19(15-20(18)28-3)25-23(27)17-12-9-8-10-13-17/h8-10,12-16H,5-7,11H2,1-4H3,(H,24,26)(H,25,27). The summed E-state index contributed by atoms with van der Waals surface area (Å²) in [4.78, 5) is 25.2. The average molecular weight is 399 g/mol. The Morgan fingerprint density at radius 3 is 2.03 bits per heavy atom. The number of amides is 2. The van der Waals surface area contributed by atoms with Crippen LogP contribution in [0.1, 0.15) is 49.9 Å². The highest BCUT2D eigenvalue weighted by molar-refractivity contribution is 6.05. The summed E-state index contributed by atoms with van der Waals surface area (Å²) < 4.78 is 10.9. The molecule has 2 N–H and O–H groups in total. The topological polar surface area (TPSA) is 76.7 Å². The summed E-state index contributed by atoms with van der Waals surface area (Å²) in [7, 11) is 3.04. The molecule has 0 heterocycles. The van der Waals surface area contributed by atoms with Gasteiger partial charge in [-0.05, 0) is 25.0 Å². The van der Waals surface area contributed by atoms with Crippen molar-refractivity contribution < 1.29 is 19.1 Å². The molecule has 0 aliphatic carbocycles. The molecule has 2 aromatic rings. The maximum Gasteiger partial charge on any atom is 0.255 e. The minimum absolute atomic E-state index is 0.0395. The highest BCUT2D eigenvalue weighted by Crippen LogP contribution is 2.37. The van der Waals surface area contributed by atoms with E-state index in [2.05, 4.69) is 17.6 Å². The third-order valence-corrected chi connectivity index (χ3v) is 4.83. The molecule has 2 amide bonds. The van der Waals surface area contributed by atoms with Gasteiger partial charge in [-0.25, -0.2) is 0 Å². The molecule has 0 bridgehead atoms. The van der Waals surface area contributed by atoms with Gasteiger partial charge in [0.15, 0.2) is 0 Å². The van der Waals surface area contributed by atoms with Crippen molar-refractivity contribution in [3.05, 3.63) is 48.0 Å². The number of anilines is 2. The fourth-order valence-electron chi connectivity index (χ4n) is 3.08. The third kappa shape index (κ3) is 5.98. The first-order valence-corrected chi connectivity index (χ1v) is 9.97. The lowest BCUT2D eigenvalue weighted by Gasteiger charge is -2.19. The van der Waals surface area contributed by atoms with Gasteiger partial charge in [-0.3, -0.25) is 9.59 Å². The molecule has 1 atom stereocenters. The summed E-state index contributed by atoms with van der Waals surface area (Å²) in [6.07, 6.45) is 3.69. The van der Waals surface area contributed by atoms with Crippen LogP contribution in [-0.4, -0.2) is 26.0 Å². The van der Waals surface area contributed by atoms with Crippen molar-refractivity contribution in [2.24, 2.45) is 5.92 Å². The second kappa shape index (κ2) is 11.1. The van der Waals surface area contributed by atoms with E-state index in [4.69, 9.17) is 9.47 Å². The van der Waals surface area contributed by atoms with Gasteiger partial charge in [-0.15, -0.1) is 0 Å². The van der Waals surface area contributed by atoms with Gasteiger partial charge >= 0.3 is 0 Å². The predicted octanol–water partition coefficient (Wildman–Crippen LogP) is 5.11. The van der Waals surface area contributed by atoms with E-state index in [1.54, 1.807) is 36.4 Å². The maximum atomic E-state index is 12.7. The average Bonchev–Trinajstić information content (AvgIpc) is 2.75. The Morgan fingerprint density at radius 2 is 1.52 bits per heavy atom. The molecule has 1 unspecified atom stereocenters. The fraction of sp³-hybridized carbons (Fsp3) is 0.391. The van der Waals surface area contributed by atoms with Gasteiger partial charge in [0.05, 0.1) is 25.6 Å². The zero-order valence-electron chi connectivity index (χ0n) is 17.6. The molecule has 0 fully saturated rings. The van der Waals surface area contributed by atoms with E-state index in [0.29, 0.717) is 28.4 Å². The number of ether oxygens (including phenoxy) is 2. The SMILES string of the molecule is CCCCC(CC)C(=O)Nc1cc(OC)c(NC(=O)c2ccccc2)cc1OC. The van der Waals surface area contributed by atoms with Crippen LogP contribution in [0.15, 0.2) is 42.5 Å². The van der Waals surface area contributed by atoms with Gasteiger partial charge in [-0.2, -0.15) is 0 Å². The normalized spacial score (nSPS) is 11.4. The number of hydrogen-bond acceptors (Lipinski definition) is 4. The second-order valence-corrected chi connectivity index (χ2v) is 6.81. The Labute approximate surface area is 172 Å². The quantitative estimate of drug-likeness (QED) is 0.583. The third-order valence-electron chi connectivity index (χ3n) is 4.83. The van der Waals surface area contributed by atoms with Crippen molar-refractivity contribution in [3.63, 3.8) is 0 Å². The Balaban J connectivity index is 2.25. The Morgan fingerprint density at radius 1 is 0.931 bits per heavy atom. The van der Waals surface area contributed by atoms with Gasteiger partial charge in [-0.1, -0.05) is 44.9 Å². The smallest absolute Gasteiger partial charge is 0.255 e. The van der Waals surface area contributed by atoms with Crippen LogP contribution in [0.5, 0.6) is 11.5 Å². The predicted molar refractivity (Wildman–Crippen MR) is 116 cm³/mol. The first-order valence-electron chi connectivity index (χ1n) is 9.97. The van der Waals surface area contributed by atoms with Gasteiger partial charge < -0.3 is 20.1 Å². The van der Waals surface area contributed by atoms with E-state index in [1.165, 1.54) is 14.2 Å². The van der Waals surface area contributed by atoms with Crippen LogP contribution in [0.4, 0.5) is 11.4 Å². The molecule has 2 rings (SSSR count). The summed E-state index contributed by atoms with van der Waals surface area (Å²) in [6, 6.07) is 12.2. The Kier molecular flexibility index (Phi) is 8.52. The number of carbonyl (C=O) groups excluding carboxylic acids is 2. The number of methoxy groups -OCH3 is 2. The van der Waals surface area contributed by atoms with E-state index in [9.17, 15) is 9.59 Å². The molecule has 6 nitrogen and oxygen atoms in total. The summed E-state index contributed by atoms with van der Waals surface area (Å²) >= 11 is 0. The highest BCUT2D eigenvalue weighted by atomic mass is 16.5. The first kappa shape index (κ1) is 22.3. The molecule has 29 heavy (non-hydrogen) atoms. The number of hydrogen-bond donors (Lipinski definition) is 2. The van der Waals surface area contributed by atoms with Crippen molar-refractivity contribution >= 4 is 23.2 Å². The maximum absolute atomic E-state index is 12.7. The van der Waals surface area contributed by atoms with Crippen molar-refractivity contribution in [2.75, 3.05) is 24.9 Å². The van der Waals surface area contributed by atoms with Crippen LogP contribution in [0, 0.1) is 5.92 Å². The molecule has 2 aromatic carbocycles. The zero-order chi connectivity index (χ0) is 21.2. The molecule has 0 spiro atoms. The van der Waals surface area contributed by atoms with Gasteiger partial charge in [0.25, 0.3) is 5.91 Å². The molecule has 156 valence electrons. The van der Waals surface area contributed by atoms with E-state index >= 15 is 0 Å². The molecule has 0 aliphatic rings. The summed E-state index contributed by atoms with van der Waals surface area (Å²) in [5, 5.41) is 5.79. The van der Waals surface area contributed by atoms with Crippen LogP contribution in [0.2, 0.25) is 0 Å². The van der Waals surface area contributed by atoms with Crippen LogP contribution >= 0.6 is 0 Å². The van der Waals surface area contributed by atoms with Crippen LogP contribution < -0.4 is 20.1 Å². The van der Waals surface area contributed by atoms with E-state index < -0.39 is 0 Å². The number of benzene rings is 2. The van der Waals surface area contributed by atoms with Crippen molar-refractivity contribution in [1.29, 1.82) is 0 Å². The second-order valence-electron chi connectivity index (χ2n) is 6.81. The molecule has 6 heteroatoms. The van der Waals surface area contributed by atoms with E-state index in [1.807, 2.05) is 13.0 Å². The van der Waals surface area contributed by atoms with Crippen molar-refractivity contribution in [3.8, 4) is 11.5 Å². The first-order chi connectivity index (χ1) is 14.0. The molecule has 0 saturated heterocycles. The van der Waals surface area contributed by atoms with E-state index in [0.717, 1.165) is 25.7 Å². The lowest BCUT2D eigenvalue weighted by atomic mass is 9.98. The highest BCUT2D eigenvalue weighted by Gasteiger charge is 2.20. The van der Waals surface area contributed by atoms with E-state index in [-0.39, 0.29) is 17.7 Å². The molecule has 0 aromatic heterocycles. The van der Waals surface area contributed by atoms with Crippen LogP contribution in [-0.2, 0) is 4.79 Å². The summed E-state index contributed by atoms with van der Waals surface area (Å²) in [5.41, 5.74) is 1.52. The number of carbonyl (C=O) groups is 2. The fourth-order valence-corrected chi connectivity index (χ4v) is 3.08. The van der Waals surface area contributed by atoms with Crippen molar-refractivity contribution in [1.82, 2.24) is 0 Å². The Bertz CT molecular complexity index is 821. The summed E-state index contributed by atoms with van der Waals surface area (Å²) in [5.74, 6) is 0.540. The molecule has 0 radical (unpaired) electrons.